The van der Waals surface area contributed by atoms with Crippen molar-refractivity contribution in [2.45, 2.75) is 33.2 Å². The van der Waals surface area contributed by atoms with Gasteiger partial charge in [-0.05, 0) is 39.3 Å². The lowest BCUT2D eigenvalue weighted by atomic mass is 10.1. The first-order chi connectivity index (χ1) is 15.0. The van der Waals surface area contributed by atoms with Crippen LogP contribution in [0.2, 0.25) is 0 Å². The van der Waals surface area contributed by atoms with Crippen molar-refractivity contribution in [2.24, 2.45) is 0 Å². The van der Waals surface area contributed by atoms with Crippen LogP contribution in [-0.4, -0.2) is 68.6 Å². The number of benzene rings is 1. The van der Waals surface area contributed by atoms with Crippen LogP contribution in [0.4, 0.5) is 5.95 Å². The normalized spacial score (nSPS) is 16.8. The molecule has 0 aliphatic carbocycles. The van der Waals surface area contributed by atoms with E-state index in [1.54, 1.807) is 25.7 Å². The molecule has 1 saturated heterocycles. The Balaban J connectivity index is 1.59. The quantitative estimate of drug-likeness (QED) is 0.639. The van der Waals surface area contributed by atoms with Gasteiger partial charge in [0.1, 0.15) is 0 Å². The van der Waals surface area contributed by atoms with Crippen LogP contribution in [0.5, 0.6) is 5.88 Å². The van der Waals surface area contributed by atoms with Crippen LogP contribution >= 0.6 is 0 Å². The highest BCUT2D eigenvalue weighted by Crippen LogP contribution is 2.23. The van der Waals surface area contributed by atoms with Crippen LogP contribution in [0.1, 0.15) is 34.8 Å². The first kappa shape index (κ1) is 20.8. The summed E-state index contributed by atoms with van der Waals surface area (Å²) in [5.41, 5.74) is 3.19. The van der Waals surface area contributed by atoms with Gasteiger partial charge >= 0.3 is 0 Å². The van der Waals surface area contributed by atoms with E-state index in [-0.39, 0.29) is 11.9 Å². The predicted molar refractivity (Wildman–Crippen MR) is 117 cm³/mol. The minimum atomic E-state index is -0.0206. The number of ether oxygens (including phenoxy) is 1. The third-order valence-corrected chi connectivity index (χ3v) is 5.63. The molecule has 4 rings (SSSR count). The zero-order chi connectivity index (χ0) is 22.0. The van der Waals surface area contributed by atoms with Gasteiger partial charge in [-0.2, -0.15) is 20.0 Å². The third-order valence-electron chi connectivity index (χ3n) is 5.63. The molecule has 31 heavy (non-hydrogen) atoms. The van der Waals surface area contributed by atoms with Crippen molar-refractivity contribution in [1.29, 1.82) is 0 Å². The summed E-state index contributed by atoms with van der Waals surface area (Å²) in [5.74, 6) is 1.18. The van der Waals surface area contributed by atoms with Gasteiger partial charge in [0.05, 0.1) is 30.8 Å². The smallest absolute Gasteiger partial charge is 0.256 e. The molecule has 9 heteroatoms. The number of carbonyl (C=O) groups is 1. The Kier molecular flexibility index (Phi) is 5.83. The van der Waals surface area contributed by atoms with Crippen LogP contribution in [0.3, 0.4) is 0 Å². The van der Waals surface area contributed by atoms with Crippen molar-refractivity contribution < 1.29 is 9.53 Å². The van der Waals surface area contributed by atoms with Crippen LogP contribution in [-0.2, 0) is 0 Å². The Bertz CT molecular complexity index is 1070. The Morgan fingerprint density at radius 2 is 1.90 bits per heavy atom. The highest BCUT2D eigenvalue weighted by molar-refractivity contribution is 5.98. The largest absolute Gasteiger partial charge is 0.481 e. The lowest BCUT2D eigenvalue weighted by molar-refractivity contribution is 0.0704. The summed E-state index contributed by atoms with van der Waals surface area (Å²) in [5, 5.41) is 8.43. The van der Waals surface area contributed by atoms with Gasteiger partial charge < -0.3 is 14.5 Å². The second-order valence-electron chi connectivity index (χ2n) is 7.82. The molecule has 1 fully saturated rings. The van der Waals surface area contributed by atoms with E-state index in [1.165, 1.54) is 4.80 Å². The molecule has 9 nitrogen and oxygen atoms in total. The van der Waals surface area contributed by atoms with E-state index >= 15 is 0 Å². The monoisotopic (exact) mass is 421 g/mol. The minimum absolute atomic E-state index is 0.0206. The van der Waals surface area contributed by atoms with E-state index in [4.69, 9.17) is 4.74 Å². The lowest BCUT2D eigenvalue weighted by Crippen LogP contribution is -2.40. The van der Waals surface area contributed by atoms with Gasteiger partial charge in [-0.1, -0.05) is 11.6 Å². The predicted octanol–water partition coefficient (Wildman–Crippen LogP) is 2.42. The van der Waals surface area contributed by atoms with E-state index in [1.807, 2.05) is 36.9 Å². The molecule has 0 unspecified atom stereocenters. The van der Waals surface area contributed by atoms with E-state index in [0.29, 0.717) is 36.2 Å². The van der Waals surface area contributed by atoms with Gasteiger partial charge in [0.15, 0.2) is 0 Å². The number of aromatic nitrogens is 5. The fraction of sp³-hybridized carbons (Fsp3) is 0.409. The van der Waals surface area contributed by atoms with Crippen LogP contribution in [0, 0.1) is 13.8 Å². The number of carbonyl (C=O) groups excluding carboxylic acids is 1. The van der Waals surface area contributed by atoms with Gasteiger partial charge in [0, 0.05) is 37.4 Å². The minimum Gasteiger partial charge on any atom is -0.481 e. The first-order valence-corrected chi connectivity index (χ1v) is 10.4. The number of nitrogens with zero attached hydrogens (tertiary/aromatic N) is 7. The van der Waals surface area contributed by atoms with E-state index in [9.17, 15) is 4.79 Å². The molecule has 1 aromatic carbocycles. The summed E-state index contributed by atoms with van der Waals surface area (Å²) in [6, 6.07) is 5.84. The number of methoxy groups -OCH3 is 1. The molecular weight excluding hydrogens is 394 g/mol. The van der Waals surface area contributed by atoms with E-state index < -0.39 is 0 Å². The second-order valence-corrected chi connectivity index (χ2v) is 7.82. The van der Waals surface area contributed by atoms with E-state index in [2.05, 4.69) is 32.0 Å². The molecule has 0 spiro atoms. The number of anilines is 1. The third kappa shape index (κ3) is 4.21. The zero-order valence-electron chi connectivity index (χ0n) is 18.3. The Morgan fingerprint density at radius 3 is 2.65 bits per heavy atom. The van der Waals surface area contributed by atoms with Crippen molar-refractivity contribution >= 4 is 11.9 Å². The van der Waals surface area contributed by atoms with Gasteiger partial charge in [-0.15, -0.1) is 0 Å². The van der Waals surface area contributed by atoms with Crippen molar-refractivity contribution in [1.82, 2.24) is 29.9 Å². The standard InChI is InChI=1S/C22H27N7O2/c1-15-5-6-19(29-24-8-9-25-29)18(13-15)21(30)28-12-11-27(10-7-17(28)3)22-23-14-16(2)20(26-22)31-4/h5-6,8-9,13-14,17H,7,10-12H2,1-4H3/t17-/m1/s1. The van der Waals surface area contributed by atoms with Gasteiger partial charge in [-0.25, -0.2) is 4.98 Å². The van der Waals surface area contributed by atoms with Crippen LogP contribution < -0.4 is 9.64 Å². The molecule has 3 heterocycles. The summed E-state index contributed by atoms with van der Waals surface area (Å²) < 4.78 is 5.35. The summed E-state index contributed by atoms with van der Waals surface area (Å²) in [6.07, 6.45) is 5.80. The second kappa shape index (κ2) is 8.71. The number of amides is 1. The first-order valence-electron chi connectivity index (χ1n) is 10.4. The molecule has 1 atom stereocenters. The summed E-state index contributed by atoms with van der Waals surface area (Å²) in [7, 11) is 1.61. The maximum absolute atomic E-state index is 13.6. The Labute approximate surface area is 181 Å². The van der Waals surface area contributed by atoms with Crippen molar-refractivity contribution in [2.75, 3.05) is 31.6 Å². The summed E-state index contributed by atoms with van der Waals surface area (Å²) in [4.78, 5) is 28.1. The number of rotatable bonds is 4. The van der Waals surface area contributed by atoms with Crippen molar-refractivity contribution in [3.8, 4) is 11.6 Å². The Morgan fingerprint density at radius 1 is 1.13 bits per heavy atom. The molecule has 0 radical (unpaired) electrons. The summed E-state index contributed by atoms with van der Waals surface area (Å²) >= 11 is 0. The van der Waals surface area contributed by atoms with Crippen LogP contribution in [0.15, 0.2) is 36.8 Å². The van der Waals surface area contributed by atoms with Gasteiger partial charge in [0.2, 0.25) is 11.8 Å². The van der Waals surface area contributed by atoms with Crippen molar-refractivity contribution in [3.63, 3.8) is 0 Å². The van der Waals surface area contributed by atoms with Crippen LogP contribution in [0.25, 0.3) is 5.69 Å². The maximum atomic E-state index is 13.6. The average Bonchev–Trinajstić information content (AvgIpc) is 3.23. The zero-order valence-corrected chi connectivity index (χ0v) is 18.3. The average molecular weight is 422 g/mol. The molecule has 0 N–H and O–H groups in total. The molecule has 1 aliphatic rings. The van der Waals surface area contributed by atoms with Crippen molar-refractivity contribution in [3.05, 3.63) is 53.5 Å². The lowest BCUT2D eigenvalue weighted by Gasteiger charge is -2.27. The Hall–Kier alpha value is -3.49. The molecule has 162 valence electrons. The fourth-order valence-corrected chi connectivity index (χ4v) is 3.83. The number of hydrogen-bond donors (Lipinski definition) is 0. The highest BCUT2D eigenvalue weighted by Gasteiger charge is 2.29. The van der Waals surface area contributed by atoms with Gasteiger partial charge in [0.25, 0.3) is 5.91 Å². The molecule has 0 saturated carbocycles. The van der Waals surface area contributed by atoms with Gasteiger partial charge in [-0.3, -0.25) is 4.79 Å². The maximum Gasteiger partial charge on any atom is 0.256 e. The SMILES string of the molecule is COc1nc(N2CC[C@@H](C)N(C(=O)c3cc(C)ccc3-n3nccn3)CC2)ncc1C. The molecule has 2 aromatic heterocycles. The topological polar surface area (TPSA) is 89.3 Å². The molecule has 0 bridgehead atoms. The molecule has 1 aliphatic heterocycles. The molecule has 3 aromatic rings. The summed E-state index contributed by atoms with van der Waals surface area (Å²) in [6.45, 7) is 7.95. The number of aryl methyl sites for hydroxylation is 2. The molecule has 1 amide bonds. The highest BCUT2D eigenvalue weighted by atomic mass is 16.5. The molecular formula is C22H27N7O2. The fourth-order valence-electron chi connectivity index (χ4n) is 3.83. The van der Waals surface area contributed by atoms with E-state index in [0.717, 1.165) is 24.1 Å². The number of hydrogen-bond acceptors (Lipinski definition) is 7.